The summed E-state index contributed by atoms with van der Waals surface area (Å²) in [7, 11) is 0. The molecule has 0 bridgehead atoms. The van der Waals surface area contributed by atoms with Gasteiger partial charge in [0, 0.05) is 23.3 Å². The molecule has 0 radical (unpaired) electrons. The van der Waals surface area contributed by atoms with Crippen molar-refractivity contribution in [2.45, 2.75) is 70.5 Å². The minimum atomic E-state index is -0.517. The summed E-state index contributed by atoms with van der Waals surface area (Å²) >= 11 is 0. The average molecular weight is 271 g/mol. The summed E-state index contributed by atoms with van der Waals surface area (Å²) in [5, 5.41) is 13.5. The van der Waals surface area contributed by atoms with Crippen LogP contribution in [0, 0.1) is 16.0 Å². The first-order valence-corrected chi connectivity index (χ1v) is 6.90. The summed E-state index contributed by atoms with van der Waals surface area (Å²) in [5.41, 5.74) is 5.62. The lowest BCUT2D eigenvalue weighted by atomic mass is 9.82. The van der Waals surface area contributed by atoms with Gasteiger partial charge in [-0.2, -0.15) is 0 Å². The van der Waals surface area contributed by atoms with E-state index in [9.17, 15) is 14.9 Å². The molecule has 1 rings (SSSR count). The summed E-state index contributed by atoms with van der Waals surface area (Å²) in [6.07, 6.45) is 3.41. The topological polar surface area (TPSA) is 98.3 Å². The van der Waals surface area contributed by atoms with Gasteiger partial charge in [0.15, 0.2) is 0 Å². The van der Waals surface area contributed by atoms with E-state index in [-0.39, 0.29) is 16.4 Å². The molecule has 1 aliphatic rings. The van der Waals surface area contributed by atoms with Crippen LogP contribution >= 0.6 is 0 Å². The van der Waals surface area contributed by atoms with Crippen molar-refractivity contribution >= 4 is 5.91 Å². The van der Waals surface area contributed by atoms with Gasteiger partial charge >= 0.3 is 0 Å². The van der Waals surface area contributed by atoms with Crippen molar-refractivity contribution in [2.75, 3.05) is 0 Å². The highest BCUT2D eigenvalue weighted by Crippen LogP contribution is 2.28. The van der Waals surface area contributed by atoms with Gasteiger partial charge in [0.1, 0.15) is 0 Å². The minimum absolute atomic E-state index is 0.135. The van der Waals surface area contributed by atoms with Gasteiger partial charge in [0.2, 0.25) is 11.9 Å². The molecule has 1 aliphatic carbocycles. The molecule has 1 saturated carbocycles. The number of carbonyl (C=O) groups is 1. The summed E-state index contributed by atoms with van der Waals surface area (Å²) in [5.74, 6) is 0.195. The van der Waals surface area contributed by atoms with Crippen molar-refractivity contribution in [1.82, 2.24) is 5.32 Å². The van der Waals surface area contributed by atoms with Crippen LogP contribution in [-0.2, 0) is 4.79 Å². The summed E-state index contributed by atoms with van der Waals surface area (Å²) in [4.78, 5) is 22.3. The molecule has 110 valence electrons. The Morgan fingerprint density at radius 1 is 1.37 bits per heavy atom. The predicted molar refractivity (Wildman–Crippen MR) is 73.2 cm³/mol. The largest absolute Gasteiger partial charge is 0.350 e. The third-order valence-electron chi connectivity index (χ3n) is 3.54. The fourth-order valence-corrected chi connectivity index (χ4v) is 2.52. The van der Waals surface area contributed by atoms with E-state index in [1.165, 1.54) is 0 Å². The fourth-order valence-electron chi connectivity index (χ4n) is 2.52. The van der Waals surface area contributed by atoms with E-state index in [0.717, 1.165) is 12.8 Å². The highest BCUT2D eigenvalue weighted by Gasteiger charge is 2.30. The number of carbonyl (C=O) groups excluding carboxylic acids is 1. The van der Waals surface area contributed by atoms with Gasteiger partial charge < -0.3 is 11.1 Å². The number of nitrogens with two attached hydrogens (primary N) is 1. The predicted octanol–water partition coefficient (Wildman–Crippen LogP) is 1.45. The van der Waals surface area contributed by atoms with Crippen molar-refractivity contribution in [1.29, 1.82) is 0 Å². The normalized spacial score (nSPS) is 25.7. The molecule has 1 atom stereocenters. The van der Waals surface area contributed by atoms with E-state index in [1.807, 2.05) is 20.8 Å². The van der Waals surface area contributed by atoms with Gasteiger partial charge in [-0.15, -0.1) is 0 Å². The Balaban J connectivity index is 2.36. The van der Waals surface area contributed by atoms with Crippen LogP contribution in [0.5, 0.6) is 0 Å². The van der Waals surface area contributed by atoms with E-state index in [0.29, 0.717) is 25.2 Å². The molecule has 0 saturated heterocycles. The van der Waals surface area contributed by atoms with Crippen LogP contribution in [0.3, 0.4) is 0 Å². The molecule has 0 aliphatic heterocycles. The Kier molecular flexibility index (Phi) is 5.29. The number of hydrogen-bond acceptors (Lipinski definition) is 4. The summed E-state index contributed by atoms with van der Waals surface area (Å²) in [6, 6.07) is -0.924. The first-order valence-electron chi connectivity index (χ1n) is 6.90. The lowest BCUT2D eigenvalue weighted by Gasteiger charge is -2.28. The van der Waals surface area contributed by atoms with Crippen LogP contribution in [-0.4, -0.2) is 28.5 Å². The second-order valence-electron chi connectivity index (χ2n) is 6.54. The van der Waals surface area contributed by atoms with Crippen LogP contribution in [0.4, 0.5) is 0 Å². The molecule has 19 heavy (non-hydrogen) atoms. The Morgan fingerprint density at radius 2 is 1.89 bits per heavy atom. The number of nitrogens with one attached hydrogen (secondary N) is 1. The molecule has 3 N–H and O–H groups in total. The van der Waals surface area contributed by atoms with E-state index in [1.54, 1.807) is 0 Å². The highest BCUT2D eigenvalue weighted by atomic mass is 16.6. The van der Waals surface area contributed by atoms with E-state index < -0.39 is 12.1 Å². The van der Waals surface area contributed by atoms with Crippen LogP contribution in [0.1, 0.15) is 52.9 Å². The highest BCUT2D eigenvalue weighted by molar-refractivity contribution is 5.82. The second kappa shape index (κ2) is 6.32. The number of hydrogen-bond donors (Lipinski definition) is 2. The number of nitrogens with zero attached hydrogens (tertiary/aromatic N) is 1. The van der Waals surface area contributed by atoms with Crippen molar-refractivity contribution in [3.63, 3.8) is 0 Å². The number of rotatable bonds is 4. The standard InChI is InChI=1S/C13H25N3O3/c1-13(2,3)15-12(17)11(14)8-9-4-6-10(7-5-9)16(18)19/h9-11H,4-8,14H2,1-3H3,(H,15,17). The monoisotopic (exact) mass is 271 g/mol. The third-order valence-corrected chi connectivity index (χ3v) is 3.54. The van der Waals surface area contributed by atoms with Gasteiger partial charge in [-0.25, -0.2) is 0 Å². The van der Waals surface area contributed by atoms with Crippen molar-refractivity contribution in [2.24, 2.45) is 11.7 Å². The maximum Gasteiger partial charge on any atom is 0.237 e. The molecule has 0 aromatic rings. The van der Waals surface area contributed by atoms with E-state index >= 15 is 0 Å². The molecule has 1 amide bonds. The first-order chi connectivity index (χ1) is 8.69. The van der Waals surface area contributed by atoms with Crippen LogP contribution in [0.25, 0.3) is 0 Å². The Bertz CT molecular complexity index is 331. The first kappa shape index (κ1) is 15.9. The summed E-state index contributed by atoms with van der Waals surface area (Å²) in [6.45, 7) is 5.75. The van der Waals surface area contributed by atoms with Crippen molar-refractivity contribution in [3.8, 4) is 0 Å². The Labute approximate surface area is 114 Å². The minimum Gasteiger partial charge on any atom is -0.350 e. The average Bonchev–Trinajstić information content (AvgIpc) is 2.27. The SMILES string of the molecule is CC(C)(C)NC(=O)C(N)CC1CCC([N+](=O)[O-])CC1. The Morgan fingerprint density at radius 3 is 2.32 bits per heavy atom. The van der Waals surface area contributed by atoms with Crippen LogP contribution in [0.15, 0.2) is 0 Å². The molecule has 6 heteroatoms. The molecule has 0 heterocycles. The fraction of sp³-hybridized carbons (Fsp3) is 0.923. The van der Waals surface area contributed by atoms with E-state index in [4.69, 9.17) is 5.73 Å². The van der Waals surface area contributed by atoms with Gasteiger partial charge in [-0.05, 0) is 46.0 Å². The zero-order valence-electron chi connectivity index (χ0n) is 12.0. The maximum absolute atomic E-state index is 11.9. The number of nitro groups is 1. The zero-order valence-corrected chi connectivity index (χ0v) is 12.0. The van der Waals surface area contributed by atoms with E-state index in [2.05, 4.69) is 5.32 Å². The quantitative estimate of drug-likeness (QED) is 0.597. The zero-order chi connectivity index (χ0) is 14.6. The van der Waals surface area contributed by atoms with Gasteiger partial charge in [-0.1, -0.05) is 0 Å². The van der Waals surface area contributed by atoms with Gasteiger partial charge in [0.25, 0.3) is 0 Å². The molecule has 1 fully saturated rings. The molecular weight excluding hydrogens is 246 g/mol. The van der Waals surface area contributed by atoms with Gasteiger partial charge in [-0.3, -0.25) is 14.9 Å². The molecule has 0 spiro atoms. The number of amides is 1. The summed E-state index contributed by atoms with van der Waals surface area (Å²) < 4.78 is 0. The molecule has 6 nitrogen and oxygen atoms in total. The van der Waals surface area contributed by atoms with Crippen molar-refractivity contribution in [3.05, 3.63) is 10.1 Å². The molecule has 0 aromatic heterocycles. The van der Waals surface area contributed by atoms with Crippen LogP contribution in [0.2, 0.25) is 0 Å². The lowest BCUT2D eigenvalue weighted by molar-refractivity contribution is -0.527. The molecule has 1 unspecified atom stereocenters. The van der Waals surface area contributed by atoms with Crippen molar-refractivity contribution < 1.29 is 9.72 Å². The van der Waals surface area contributed by atoms with Crippen LogP contribution < -0.4 is 11.1 Å². The molecular formula is C13H25N3O3. The van der Waals surface area contributed by atoms with Gasteiger partial charge in [0.05, 0.1) is 6.04 Å². The maximum atomic E-state index is 11.9. The lowest BCUT2D eigenvalue weighted by Crippen LogP contribution is -2.49. The molecule has 0 aromatic carbocycles. The smallest absolute Gasteiger partial charge is 0.237 e. The second-order valence-corrected chi connectivity index (χ2v) is 6.54. The third kappa shape index (κ3) is 5.55. The Hall–Kier alpha value is -1.17.